The molecule has 0 saturated carbocycles. The SMILES string of the molecule is CC(=O)N1C[C@@H](C(=O)O)[C@](C)(c2ccccn2)C1. The number of amides is 1. The monoisotopic (exact) mass is 248 g/mol. The smallest absolute Gasteiger partial charge is 0.309 e. The van der Waals surface area contributed by atoms with Gasteiger partial charge in [0.25, 0.3) is 0 Å². The lowest BCUT2D eigenvalue weighted by Gasteiger charge is -2.27. The predicted molar refractivity (Wildman–Crippen MR) is 65.0 cm³/mol. The third-order valence-corrected chi connectivity index (χ3v) is 3.68. The van der Waals surface area contributed by atoms with E-state index >= 15 is 0 Å². The van der Waals surface area contributed by atoms with E-state index in [1.165, 1.54) is 6.92 Å². The first kappa shape index (κ1) is 12.5. The van der Waals surface area contributed by atoms with Gasteiger partial charge in [0, 0.05) is 37.3 Å². The van der Waals surface area contributed by atoms with Gasteiger partial charge in [-0.05, 0) is 12.1 Å². The molecule has 2 heterocycles. The third kappa shape index (κ3) is 1.96. The molecule has 2 rings (SSSR count). The Balaban J connectivity index is 2.40. The van der Waals surface area contributed by atoms with Crippen LogP contribution in [0, 0.1) is 5.92 Å². The van der Waals surface area contributed by atoms with Crippen LogP contribution in [-0.4, -0.2) is 40.0 Å². The number of rotatable bonds is 2. The van der Waals surface area contributed by atoms with E-state index in [1.807, 2.05) is 19.1 Å². The van der Waals surface area contributed by atoms with Crippen molar-refractivity contribution in [2.45, 2.75) is 19.3 Å². The maximum absolute atomic E-state index is 11.4. The van der Waals surface area contributed by atoms with E-state index in [4.69, 9.17) is 0 Å². The lowest BCUT2D eigenvalue weighted by atomic mass is 9.77. The van der Waals surface area contributed by atoms with Crippen LogP contribution in [0.4, 0.5) is 0 Å². The van der Waals surface area contributed by atoms with Crippen molar-refractivity contribution in [3.8, 4) is 0 Å². The maximum atomic E-state index is 11.4. The van der Waals surface area contributed by atoms with E-state index in [0.717, 1.165) is 5.69 Å². The molecule has 5 heteroatoms. The minimum absolute atomic E-state index is 0.0964. The molecule has 5 nitrogen and oxygen atoms in total. The van der Waals surface area contributed by atoms with E-state index in [-0.39, 0.29) is 12.5 Å². The molecule has 0 bridgehead atoms. The number of hydrogen-bond acceptors (Lipinski definition) is 3. The highest BCUT2D eigenvalue weighted by Gasteiger charge is 2.49. The molecule has 1 N–H and O–H groups in total. The van der Waals surface area contributed by atoms with Gasteiger partial charge in [0.1, 0.15) is 0 Å². The van der Waals surface area contributed by atoms with Crippen molar-refractivity contribution in [3.05, 3.63) is 30.1 Å². The molecule has 1 amide bonds. The lowest BCUT2D eigenvalue weighted by Crippen LogP contribution is -2.37. The predicted octanol–water partition coefficient (Wildman–Crippen LogP) is 0.902. The highest BCUT2D eigenvalue weighted by atomic mass is 16.4. The largest absolute Gasteiger partial charge is 0.481 e. The fourth-order valence-corrected chi connectivity index (χ4v) is 2.54. The van der Waals surface area contributed by atoms with Crippen LogP contribution in [0.2, 0.25) is 0 Å². The zero-order valence-corrected chi connectivity index (χ0v) is 10.5. The summed E-state index contributed by atoms with van der Waals surface area (Å²) < 4.78 is 0. The van der Waals surface area contributed by atoms with E-state index < -0.39 is 17.3 Å². The highest BCUT2D eigenvalue weighted by Crippen LogP contribution is 2.38. The summed E-state index contributed by atoms with van der Waals surface area (Å²) in [6, 6.07) is 5.45. The van der Waals surface area contributed by atoms with Crippen molar-refractivity contribution >= 4 is 11.9 Å². The molecule has 0 aliphatic carbocycles. The zero-order chi connectivity index (χ0) is 13.3. The average Bonchev–Trinajstić information content (AvgIpc) is 2.70. The van der Waals surface area contributed by atoms with Crippen molar-refractivity contribution in [3.63, 3.8) is 0 Å². The molecule has 0 radical (unpaired) electrons. The second-order valence-corrected chi connectivity index (χ2v) is 4.92. The Morgan fingerprint density at radius 3 is 2.72 bits per heavy atom. The molecule has 0 aromatic carbocycles. The summed E-state index contributed by atoms with van der Waals surface area (Å²) in [5.41, 5.74) is 0.0971. The van der Waals surface area contributed by atoms with Gasteiger partial charge >= 0.3 is 5.97 Å². The summed E-state index contributed by atoms with van der Waals surface area (Å²) in [5.74, 6) is -1.59. The van der Waals surface area contributed by atoms with Crippen molar-refractivity contribution in [2.75, 3.05) is 13.1 Å². The zero-order valence-electron chi connectivity index (χ0n) is 10.5. The second kappa shape index (κ2) is 4.40. The van der Waals surface area contributed by atoms with Gasteiger partial charge in [-0.2, -0.15) is 0 Å². The molecule has 1 fully saturated rings. The minimum atomic E-state index is -0.882. The molecule has 1 aromatic heterocycles. The van der Waals surface area contributed by atoms with Gasteiger partial charge in [0.15, 0.2) is 0 Å². The number of carbonyl (C=O) groups excluding carboxylic acids is 1. The van der Waals surface area contributed by atoms with Crippen LogP contribution in [0.5, 0.6) is 0 Å². The number of pyridine rings is 1. The summed E-state index contributed by atoms with van der Waals surface area (Å²) in [4.78, 5) is 28.7. The maximum Gasteiger partial charge on any atom is 0.309 e. The molecule has 1 saturated heterocycles. The number of carboxylic acid groups (broad SMARTS) is 1. The standard InChI is InChI=1S/C13H16N2O3/c1-9(16)15-7-10(12(17)18)13(2,8-15)11-5-3-4-6-14-11/h3-6,10H,7-8H2,1-2H3,(H,17,18)/t10-,13+/m0/s1. The summed E-state index contributed by atoms with van der Waals surface area (Å²) in [6.45, 7) is 3.97. The fraction of sp³-hybridized carbons (Fsp3) is 0.462. The van der Waals surface area contributed by atoms with Crippen molar-refractivity contribution < 1.29 is 14.7 Å². The van der Waals surface area contributed by atoms with Gasteiger partial charge in [0.05, 0.1) is 5.92 Å². The van der Waals surface area contributed by atoms with Crippen molar-refractivity contribution in [1.82, 2.24) is 9.88 Å². The van der Waals surface area contributed by atoms with Gasteiger partial charge in [-0.1, -0.05) is 13.0 Å². The Morgan fingerprint density at radius 1 is 1.50 bits per heavy atom. The number of carbonyl (C=O) groups is 2. The number of aliphatic carboxylic acids is 1. The molecular weight excluding hydrogens is 232 g/mol. The molecule has 96 valence electrons. The molecule has 0 spiro atoms. The van der Waals surface area contributed by atoms with Crippen molar-refractivity contribution in [1.29, 1.82) is 0 Å². The number of hydrogen-bond donors (Lipinski definition) is 1. The Bertz CT molecular complexity index is 474. The lowest BCUT2D eigenvalue weighted by molar-refractivity contribution is -0.143. The van der Waals surface area contributed by atoms with Crippen LogP contribution >= 0.6 is 0 Å². The van der Waals surface area contributed by atoms with Crippen LogP contribution in [0.15, 0.2) is 24.4 Å². The summed E-state index contributed by atoms with van der Waals surface area (Å²) >= 11 is 0. The average molecular weight is 248 g/mol. The van der Waals surface area contributed by atoms with Gasteiger partial charge in [-0.3, -0.25) is 14.6 Å². The van der Waals surface area contributed by atoms with Crippen LogP contribution in [0.3, 0.4) is 0 Å². The summed E-state index contributed by atoms with van der Waals surface area (Å²) in [7, 11) is 0. The first-order valence-corrected chi connectivity index (χ1v) is 5.85. The number of nitrogens with zero attached hydrogens (tertiary/aromatic N) is 2. The fourth-order valence-electron chi connectivity index (χ4n) is 2.54. The Kier molecular flexibility index (Phi) is 3.07. The topological polar surface area (TPSA) is 70.5 Å². The summed E-state index contributed by atoms with van der Waals surface area (Å²) in [5, 5.41) is 9.34. The Labute approximate surface area is 105 Å². The first-order chi connectivity index (χ1) is 8.45. The van der Waals surface area contributed by atoms with E-state index in [1.54, 1.807) is 17.2 Å². The van der Waals surface area contributed by atoms with Gasteiger partial charge in [0.2, 0.25) is 5.91 Å². The van der Waals surface area contributed by atoms with Gasteiger partial charge < -0.3 is 10.0 Å². The van der Waals surface area contributed by atoms with Crippen LogP contribution in [0.1, 0.15) is 19.5 Å². The normalized spacial score (nSPS) is 27.2. The van der Waals surface area contributed by atoms with Crippen LogP contribution in [-0.2, 0) is 15.0 Å². The van der Waals surface area contributed by atoms with Crippen LogP contribution < -0.4 is 0 Å². The number of aromatic nitrogens is 1. The van der Waals surface area contributed by atoms with Gasteiger partial charge in [-0.25, -0.2) is 0 Å². The molecule has 0 unspecified atom stereocenters. The first-order valence-electron chi connectivity index (χ1n) is 5.85. The third-order valence-electron chi connectivity index (χ3n) is 3.68. The minimum Gasteiger partial charge on any atom is -0.481 e. The molecular formula is C13H16N2O3. The van der Waals surface area contributed by atoms with E-state index in [9.17, 15) is 14.7 Å². The van der Waals surface area contributed by atoms with E-state index in [0.29, 0.717) is 6.54 Å². The Hall–Kier alpha value is -1.91. The van der Waals surface area contributed by atoms with Gasteiger partial charge in [-0.15, -0.1) is 0 Å². The second-order valence-electron chi connectivity index (χ2n) is 4.92. The summed E-state index contributed by atoms with van der Waals surface area (Å²) in [6.07, 6.45) is 1.65. The number of carboxylic acids is 1. The molecule has 1 aliphatic heterocycles. The highest BCUT2D eigenvalue weighted by molar-refractivity contribution is 5.78. The van der Waals surface area contributed by atoms with E-state index in [2.05, 4.69) is 4.98 Å². The van der Waals surface area contributed by atoms with Crippen molar-refractivity contribution in [2.24, 2.45) is 5.92 Å². The molecule has 1 aliphatic rings. The quantitative estimate of drug-likeness (QED) is 0.844. The number of likely N-dealkylation sites (tertiary alicyclic amines) is 1. The molecule has 1 aromatic rings. The van der Waals surface area contributed by atoms with Crippen LogP contribution in [0.25, 0.3) is 0 Å². The Morgan fingerprint density at radius 2 is 2.22 bits per heavy atom. The molecule has 18 heavy (non-hydrogen) atoms. The molecule has 2 atom stereocenters.